The first-order chi connectivity index (χ1) is 17.2. The number of rotatable bonds is 5. The SMILES string of the molecule is C[C@H]1CC[C@H](c2ccc(NS(C)(=O)=O)cc2)N(C(=O)C(=O)Nc2ccc(NC(=O)OC(C)(C)C)nc2)C1. The van der Waals surface area contributed by atoms with Crippen molar-refractivity contribution < 1.29 is 27.5 Å². The Morgan fingerprint density at radius 2 is 1.65 bits per heavy atom. The Morgan fingerprint density at radius 3 is 2.22 bits per heavy atom. The molecule has 0 unspecified atom stereocenters. The molecule has 0 aliphatic carbocycles. The van der Waals surface area contributed by atoms with Gasteiger partial charge in [0.05, 0.1) is 24.2 Å². The third kappa shape index (κ3) is 8.45. The largest absolute Gasteiger partial charge is 0.444 e. The zero-order chi connectivity index (χ0) is 27.4. The van der Waals surface area contributed by atoms with Crippen molar-refractivity contribution >= 4 is 45.1 Å². The molecule has 1 fully saturated rings. The van der Waals surface area contributed by atoms with Gasteiger partial charge in [-0.3, -0.25) is 19.6 Å². The van der Waals surface area contributed by atoms with Crippen LogP contribution in [0.4, 0.5) is 22.0 Å². The smallest absolute Gasteiger partial charge is 0.413 e. The van der Waals surface area contributed by atoms with Crippen LogP contribution in [0.15, 0.2) is 42.6 Å². The molecule has 1 aliphatic rings. The maximum Gasteiger partial charge on any atom is 0.413 e. The van der Waals surface area contributed by atoms with Gasteiger partial charge in [0.15, 0.2) is 0 Å². The molecule has 1 aromatic heterocycles. The summed E-state index contributed by atoms with van der Waals surface area (Å²) in [6.07, 6.45) is 3.31. The van der Waals surface area contributed by atoms with Crippen LogP contribution in [0.3, 0.4) is 0 Å². The molecule has 11 nitrogen and oxygen atoms in total. The van der Waals surface area contributed by atoms with Crippen LogP contribution in [0.1, 0.15) is 52.1 Å². The molecule has 2 aromatic rings. The minimum Gasteiger partial charge on any atom is -0.444 e. The highest BCUT2D eigenvalue weighted by molar-refractivity contribution is 7.92. The Hall–Kier alpha value is -3.67. The lowest BCUT2D eigenvalue weighted by molar-refractivity contribution is -0.146. The monoisotopic (exact) mass is 531 g/mol. The summed E-state index contributed by atoms with van der Waals surface area (Å²) in [6.45, 7) is 7.67. The molecule has 12 heteroatoms. The number of hydrogen-bond acceptors (Lipinski definition) is 7. The van der Waals surface area contributed by atoms with Crippen LogP contribution < -0.4 is 15.4 Å². The number of likely N-dealkylation sites (tertiary alicyclic amines) is 1. The molecule has 1 aromatic carbocycles. The molecule has 3 amide bonds. The quantitative estimate of drug-likeness (QED) is 0.498. The van der Waals surface area contributed by atoms with Gasteiger partial charge in [0.1, 0.15) is 11.4 Å². The average Bonchev–Trinajstić information content (AvgIpc) is 2.78. The van der Waals surface area contributed by atoms with Crippen molar-refractivity contribution in [1.29, 1.82) is 0 Å². The summed E-state index contributed by atoms with van der Waals surface area (Å²) in [5.41, 5.74) is 0.873. The molecule has 37 heavy (non-hydrogen) atoms. The highest BCUT2D eigenvalue weighted by atomic mass is 32.2. The lowest BCUT2D eigenvalue weighted by Crippen LogP contribution is -2.46. The van der Waals surface area contributed by atoms with Crippen molar-refractivity contribution in [2.24, 2.45) is 5.92 Å². The van der Waals surface area contributed by atoms with E-state index < -0.39 is 33.5 Å². The number of anilines is 3. The second-order valence-electron chi connectivity index (χ2n) is 10.2. The summed E-state index contributed by atoms with van der Waals surface area (Å²) in [7, 11) is -3.40. The molecule has 1 aliphatic heterocycles. The predicted octanol–water partition coefficient (Wildman–Crippen LogP) is 3.74. The van der Waals surface area contributed by atoms with Gasteiger partial charge in [0.25, 0.3) is 0 Å². The maximum atomic E-state index is 13.2. The molecule has 1 saturated heterocycles. The normalized spacial score (nSPS) is 18.0. The van der Waals surface area contributed by atoms with Gasteiger partial charge in [-0.25, -0.2) is 18.2 Å². The minimum absolute atomic E-state index is 0.221. The zero-order valence-corrected chi connectivity index (χ0v) is 22.4. The number of carbonyl (C=O) groups is 3. The van der Waals surface area contributed by atoms with Crippen LogP contribution >= 0.6 is 0 Å². The zero-order valence-electron chi connectivity index (χ0n) is 21.6. The summed E-state index contributed by atoms with van der Waals surface area (Å²) < 4.78 is 30.5. The molecule has 3 N–H and O–H groups in total. The number of pyridine rings is 1. The van der Waals surface area contributed by atoms with E-state index >= 15 is 0 Å². The number of nitrogens with one attached hydrogen (secondary N) is 3. The number of carbonyl (C=O) groups excluding carboxylic acids is 3. The summed E-state index contributed by atoms with van der Waals surface area (Å²) in [4.78, 5) is 43.5. The van der Waals surface area contributed by atoms with Gasteiger partial charge in [-0.1, -0.05) is 19.1 Å². The summed E-state index contributed by atoms with van der Waals surface area (Å²) in [5, 5.41) is 5.07. The van der Waals surface area contributed by atoms with E-state index in [0.717, 1.165) is 18.2 Å². The highest BCUT2D eigenvalue weighted by Gasteiger charge is 2.34. The Kier molecular flexibility index (Phi) is 8.42. The first-order valence-electron chi connectivity index (χ1n) is 11.9. The van der Waals surface area contributed by atoms with Crippen molar-refractivity contribution in [3.8, 4) is 0 Å². The molecule has 200 valence electrons. The van der Waals surface area contributed by atoms with Crippen LogP contribution in [0, 0.1) is 5.92 Å². The first-order valence-corrected chi connectivity index (χ1v) is 13.7. The second-order valence-corrected chi connectivity index (χ2v) is 11.9. The number of sulfonamides is 1. The molecule has 0 radical (unpaired) electrons. The molecule has 3 rings (SSSR count). The van der Waals surface area contributed by atoms with Gasteiger partial charge in [0, 0.05) is 12.2 Å². The van der Waals surface area contributed by atoms with E-state index in [1.807, 2.05) is 6.92 Å². The molecular weight excluding hydrogens is 498 g/mol. The number of amides is 3. The van der Waals surface area contributed by atoms with E-state index in [2.05, 4.69) is 20.3 Å². The predicted molar refractivity (Wildman–Crippen MR) is 140 cm³/mol. The fraction of sp³-hybridized carbons (Fsp3) is 0.440. The van der Waals surface area contributed by atoms with Crippen molar-refractivity contribution in [1.82, 2.24) is 9.88 Å². The number of ether oxygens (including phenoxy) is 1. The first kappa shape index (κ1) is 27.9. The fourth-order valence-corrected chi connectivity index (χ4v) is 4.54. The topological polar surface area (TPSA) is 147 Å². The van der Waals surface area contributed by atoms with E-state index in [9.17, 15) is 22.8 Å². The van der Waals surface area contributed by atoms with E-state index in [4.69, 9.17) is 4.74 Å². The van der Waals surface area contributed by atoms with Gasteiger partial charge in [0.2, 0.25) is 10.0 Å². The lowest BCUT2D eigenvalue weighted by Gasteiger charge is -2.38. The summed E-state index contributed by atoms with van der Waals surface area (Å²) >= 11 is 0. The third-order valence-electron chi connectivity index (χ3n) is 5.52. The third-order valence-corrected chi connectivity index (χ3v) is 6.13. The molecule has 2 atom stereocenters. The van der Waals surface area contributed by atoms with Crippen LogP contribution in [-0.2, 0) is 24.3 Å². The number of aromatic nitrogens is 1. The van der Waals surface area contributed by atoms with Gasteiger partial charge in [-0.15, -0.1) is 0 Å². The maximum absolute atomic E-state index is 13.2. The Morgan fingerprint density at radius 1 is 1.00 bits per heavy atom. The fourth-order valence-electron chi connectivity index (χ4n) is 3.98. The van der Waals surface area contributed by atoms with Crippen LogP contribution in [0.2, 0.25) is 0 Å². The van der Waals surface area contributed by atoms with E-state index in [0.29, 0.717) is 24.3 Å². The van der Waals surface area contributed by atoms with Crippen molar-refractivity contribution in [2.75, 3.05) is 28.2 Å². The van der Waals surface area contributed by atoms with Crippen molar-refractivity contribution in [2.45, 2.75) is 52.2 Å². The van der Waals surface area contributed by atoms with Crippen molar-refractivity contribution in [3.05, 3.63) is 48.2 Å². The molecule has 2 heterocycles. The number of hydrogen-bond donors (Lipinski definition) is 3. The standard InChI is InChI=1S/C25H33N5O6S/c1-16-6-12-20(17-7-9-18(10-8-17)29-37(5,34)35)30(15-16)23(32)22(31)27-19-11-13-21(26-14-19)28-24(33)36-25(2,3)4/h7-11,13-14,16,20,29H,6,12,15H2,1-5H3,(H,27,31)(H,26,28,33)/t16-,20+/m0/s1. The van der Waals surface area contributed by atoms with E-state index in [-0.39, 0.29) is 17.8 Å². The number of piperidine rings is 1. The second kappa shape index (κ2) is 11.2. The minimum atomic E-state index is -3.40. The van der Waals surface area contributed by atoms with Gasteiger partial charge >= 0.3 is 17.9 Å². The molecular formula is C25H33N5O6S. The van der Waals surface area contributed by atoms with E-state index in [1.54, 1.807) is 49.9 Å². The van der Waals surface area contributed by atoms with Gasteiger partial charge < -0.3 is 15.0 Å². The molecule has 0 spiro atoms. The summed E-state index contributed by atoms with van der Waals surface area (Å²) in [5.74, 6) is -1.02. The molecule has 0 saturated carbocycles. The summed E-state index contributed by atoms with van der Waals surface area (Å²) in [6, 6.07) is 9.47. The Balaban J connectivity index is 1.67. The van der Waals surface area contributed by atoms with Crippen LogP contribution in [-0.4, -0.2) is 54.6 Å². The van der Waals surface area contributed by atoms with Crippen LogP contribution in [0.5, 0.6) is 0 Å². The molecule has 0 bridgehead atoms. The lowest BCUT2D eigenvalue weighted by atomic mass is 9.89. The van der Waals surface area contributed by atoms with Gasteiger partial charge in [-0.05, 0) is 69.4 Å². The average molecular weight is 532 g/mol. The number of nitrogens with zero attached hydrogens (tertiary/aromatic N) is 2. The Labute approximate surface area is 217 Å². The highest BCUT2D eigenvalue weighted by Crippen LogP contribution is 2.34. The van der Waals surface area contributed by atoms with Gasteiger partial charge in [-0.2, -0.15) is 0 Å². The Bertz CT molecular complexity index is 1240. The van der Waals surface area contributed by atoms with Crippen molar-refractivity contribution in [3.63, 3.8) is 0 Å². The van der Waals surface area contributed by atoms with Crippen LogP contribution in [0.25, 0.3) is 0 Å². The van der Waals surface area contributed by atoms with E-state index in [1.165, 1.54) is 18.3 Å². The number of benzene rings is 1.